The SMILES string of the molecule is O=[N+]([O-])c1[nH]cnc1N=Nc1c(Nc2ccccc2)n[nH]c1Nc1ccccc1. The summed E-state index contributed by atoms with van der Waals surface area (Å²) in [7, 11) is 0. The largest absolute Gasteiger partial charge is 0.369 e. The standard InChI is InChI=1S/C18H15N9O2/c28-27(29)18-17(19-11-20-18)26-23-14-15(21-12-7-3-1-4-8-12)24-25-16(14)22-13-9-5-2-6-10-13/h1-11H,(H,19,20)(H3,21,22,24,25). The molecular formula is C18H15N9O2. The van der Waals surface area contributed by atoms with Crippen LogP contribution in [0.3, 0.4) is 0 Å². The monoisotopic (exact) mass is 389 g/mol. The van der Waals surface area contributed by atoms with E-state index in [9.17, 15) is 10.1 Å². The van der Waals surface area contributed by atoms with E-state index in [4.69, 9.17) is 0 Å². The second-order valence-electron chi connectivity index (χ2n) is 5.81. The number of aromatic amines is 2. The van der Waals surface area contributed by atoms with Crippen LogP contribution in [0.2, 0.25) is 0 Å². The Morgan fingerprint density at radius 3 is 2.24 bits per heavy atom. The summed E-state index contributed by atoms with van der Waals surface area (Å²) in [5.74, 6) is 0.396. The van der Waals surface area contributed by atoms with E-state index >= 15 is 0 Å². The molecule has 4 aromatic rings. The van der Waals surface area contributed by atoms with Crippen LogP contribution in [0.5, 0.6) is 0 Å². The Labute approximate surface area is 164 Å². The number of para-hydroxylation sites is 2. The molecule has 4 rings (SSSR count). The van der Waals surface area contributed by atoms with E-state index in [1.165, 1.54) is 6.33 Å². The normalized spacial score (nSPS) is 10.9. The minimum absolute atomic E-state index is 0.132. The number of azo groups is 1. The van der Waals surface area contributed by atoms with Gasteiger partial charge in [-0.15, -0.1) is 10.2 Å². The lowest BCUT2D eigenvalue weighted by Gasteiger charge is -2.05. The minimum Gasteiger partial charge on any atom is -0.358 e. The average molecular weight is 389 g/mol. The number of nitrogens with one attached hydrogen (secondary N) is 4. The van der Waals surface area contributed by atoms with Crippen LogP contribution in [-0.2, 0) is 0 Å². The quantitative estimate of drug-likeness (QED) is 0.200. The molecule has 0 amide bonds. The summed E-state index contributed by atoms with van der Waals surface area (Å²) < 4.78 is 0. The van der Waals surface area contributed by atoms with Gasteiger partial charge in [0.1, 0.15) is 0 Å². The highest BCUT2D eigenvalue weighted by atomic mass is 16.6. The highest BCUT2D eigenvalue weighted by Crippen LogP contribution is 2.36. The zero-order valence-electron chi connectivity index (χ0n) is 14.9. The fourth-order valence-electron chi connectivity index (χ4n) is 2.52. The van der Waals surface area contributed by atoms with Crippen molar-refractivity contribution in [2.24, 2.45) is 10.2 Å². The van der Waals surface area contributed by atoms with Gasteiger partial charge in [0.2, 0.25) is 0 Å². The molecule has 29 heavy (non-hydrogen) atoms. The lowest BCUT2D eigenvalue weighted by molar-refractivity contribution is -0.388. The second-order valence-corrected chi connectivity index (χ2v) is 5.81. The Kier molecular flexibility index (Phi) is 4.93. The molecule has 0 atom stereocenters. The van der Waals surface area contributed by atoms with Crippen LogP contribution in [0.25, 0.3) is 0 Å². The van der Waals surface area contributed by atoms with Crippen molar-refractivity contribution in [2.45, 2.75) is 0 Å². The fourth-order valence-corrected chi connectivity index (χ4v) is 2.52. The maximum Gasteiger partial charge on any atom is 0.369 e. The Morgan fingerprint density at radius 2 is 1.59 bits per heavy atom. The third kappa shape index (κ3) is 4.08. The molecule has 0 saturated carbocycles. The Morgan fingerprint density at radius 1 is 0.931 bits per heavy atom. The summed E-state index contributed by atoms with van der Waals surface area (Å²) in [6, 6.07) is 18.8. The van der Waals surface area contributed by atoms with Crippen LogP contribution in [0.4, 0.5) is 40.3 Å². The van der Waals surface area contributed by atoms with E-state index in [-0.39, 0.29) is 11.6 Å². The summed E-state index contributed by atoms with van der Waals surface area (Å²) in [6.07, 6.45) is 1.19. The summed E-state index contributed by atoms with van der Waals surface area (Å²) >= 11 is 0. The number of imidazole rings is 1. The number of nitrogens with zero attached hydrogens (tertiary/aromatic N) is 5. The van der Waals surface area contributed by atoms with Crippen LogP contribution in [0.15, 0.2) is 77.2 Å². The molecule has 0 fully saturated rings. The lowest BCUT2D eigenvalue weighted by atomic mass is 10.3. The van der Waals surface area contributed by atoms with E-state index in [0.29, 0.717) is 17.3 Å². The maximum absolute atomic E-state index is 11.0. The van der Waals surface area contributed by atoms with Crippen LogP contribution in [0, 0.1) is 10.1 Å². The summed E-state index contributed by atoms with van der Waals surface area (Å²) in [6.45, 7) is 0. The third-order valence-corrected chi connectivity index (χ3v) is 3.85. The van der Waals surface area contributed by atoms with Crippen molar-refractivity contribution >= 4 is 40.3 Å². The lowest BCUT2D eigenvalue weighted by Crippen LogP contribution is -1.91. The predicted molar refractivity (Wildman–Crippen MR) is 107 cm³/mol. The van der Waals surface area contributed by atoms with Gasteiger partial charge in [0.15, 0.2) is 23.7 Å². The zero-order valence-corrected chi connectivity index (χ0v) is 14.9. The van der Waals surface area contributed by atoms with Crippen molar-refractivity contribution in [3.63, 3.8) is 0 Å². The first-order valence-electron chi connectivity index (χ1n) is 8.53. The smallest absolute Gasteiger partial charge is 0.358 e. The Balaban J connectivity index is 1.69. The molecule has 0 spiro atoms. The number of H-pyrrole nitrogens is 2. The van der Waals surface area contributed by atoms with Gasteiger partial charge in [-0.05, 0) is 29.2 Å². The molecule has 2 aromatic heterocycles. The molecular weight excluding hydrogens is 374 g/mol. The Hall–Kier alpha value is -4.54. The topological polar surface area (TPSA) is 149 Å². The summed E-state index contributed by atoms with van der Waals surface area (Å²) in [5.41, 5.74) is 1.95. The van der Waals surface area contributed by atoms with Crippen molar-refractivity contribution in [3.05, 3.63) is 77.1 Å². The highest BCUT2D eigenvalue weighted by molar-refractivity contribution is 5.80. The molecule has 0 unspecified atom stereocenters. The van der Waals surface area contributed by atoms with Crippen LogP contribution in [0.1, 0.15) is 0 Å². The van der Waals surface area contributed by atoms with Crippen molar-refractivity contribution < 1.29 is 4.92 Å². The predicted octanol–water partition coefficient (Wildman–Crippen LogP) is 4.94. The minimum atomic E-state index is -0.608. The van der Waals surface area contributed by atoms with E-state index < -0.39 is 4.92 Å². The molecule has 11 heteroatoms. The van der Waals surface area contributed by atoms with Gasteiger partial charge in [0, 0.05) is 11.4 Å². The number of aromatic nitrogens is 4. The van der Waals surface area contributed by atoms with Crippen molar-refractivity contribution in [2.75, 3.05) is 10.6 Å². The molecule has 0 aliphatic heterocycles. The molecule has 0 aliphatic rings. The number of hydrogen-bond donors (Lipinski definition) is 4. The van der Waals surface area contributed by atoms with Gasteiger partial charge in [-0.3, -0.25) is 5.10 Å². The molecule has 2 aromatic carbocycles. The molecule has 0 bridgehead atoms. The Bertz CT molecular complexity index is 1080. The van der Waals surface area contributed by atoms with Crippen molar-refractivity contribution in [1.29, 1.82) is 0 Å². The molecule has 4 N–H and O–H groups in total. The highest BCUT2D eigenvalue weighted by Gasteiger charge is 2.17. The summed E-state index contributed by atoms with van der Waals surface area (Å²) in [5, 5.41) is 32.6. The number of hydrogen-bond acceptors (Lipinski definition) is 8. The number of rotatable bonds is 7. The fraction of sp³-hybridized carbons (Fsp3) is 0. The van der Waals surface area contributed by atoms with Crippen LogP contribution < -0.4 is 10.6 Å². The van der Waals surface area contributed by atoms with E-state index in [1.54, 1.807) is 0 Å². The van der Waals surface area contributed by atoms with E-state index in [1.807, 2.05) is 60.7 Å². The molecule has 0 radical (unpaired) electrons. The number of anilines is 4. The van der Waals surface area contributed by atoms with E-state index in [0.717, 1.165) is 11.4 Å². The molecule has 0 saturated heterocycles. The molecule has 144 valence electrons. The number of benzene rings is 2. The molecule has 0 aliphatic carbocycles. The van der Waals surface area contributed by atoms with Gasteiger partial charge in [-0.1, -0.05) is 36.4 Å². The van der Waals surface area contributed by atoms with Crippen LogP contribution in [-0.4, -0.2) is 25.1 Å². The van der Waals surface area contributed by atoms with Crippen molar-refractivity contribution in [3.8, 4) is 0 Å². The first-order chi connectivity index (χ1) is 14.2. The van der Waals surface area contributed by atoms with Gasteiger partial charge in [-0.25, -0.2) is 4.98 Å². The van der Waals surface area contributed by atoms with Gasteiger partial charge in [0.25, 0.3) is 5.82 Å². The third-order valence-electron chi connectivity index (χ3n) is 3.85. The van der Waals surface area contributed by atoms with Gasteiger partial charge >= 0.3 is 5.82 Å². The average Bonchev–Trinajstić information content (AvgIpc) is 3.35. The maximum atomic E-state index is 11.0. The first kappa shape index (κ1) is 17.9. The van der Waals surface area contributed by atoms with Gasteiger partial charge in [-0.2, -0.15) is 10.1 Å². The van der Waals surface area contributed by atoms with Gasteiger partial charge < -0.3 is 20.7 Å². The zero-order chi connectivity index (χ0) is 20.1. The first-order valence-corrected chi connectivity index (χ1v) is 8.53. The van der Waals surface area contributed by atoms with E-state index in [2.05, 4.69) is 41.0 Å². The van der Waals surface area contributed by atoms with Crippen LogP contribution >= 0.6 is 0 Å². The second kappa shape index (κ2) is 8.00. The van der Waals surface area contributed by atoms with Gasteiger partial charge in [0.05, 0.1) is 0 Å². The number of nitro groups is 1. The summed E-state index contributed by atoms with van der Waals surface area (Å²) in [4.78, 5) is 16.7. The molecule has 2 heterocycles. The molecule has 11 nitrogen and oxygen atoms in total. The van der Waals surface area contributed by atoms with Crippen molar-refractivity contribution in [1.82, 2.24) is 20.2 Å².